The molecule has 0 aliphatic rings. The number of nitrogens with one attached hydrogen (secondary N) is 1. The number of nitrogens with zero attached hydrogens (tertiary/aromatic N) is 2. The molecule has 4 nitrogen and oxygen atoms in total. The van der Waals surface area contributed by atoms with Gasteiger partial charge in [0.05, 0.1) is 5.69 Å². The van der Waals surface area contributed by atoms with Crippen LogP contribution in [0.25, 0.3) is 0 Å². The number of imidazole rings is 1. The number of aromatic nitrogens is 2. The van der Waals surface area contributed by atoms with E-state index in [4.69, 9.17) is 4.74 Å². The third kappa shape index (κ3) is 3.23. The van der Waals surface area contributed by atoms with E-state index in [0.29, 0.717) is 6.04 Å². The Balaban J connectivity index is 2.72. The van der Waals surface area contributed by atoms with Gasteiger partial charge in [0.15, 0.2) is 0 Å². The van der Waals surface area contributed by atoms with Gasteiger partial charge in [-0.3, -0.25) is 0 Å². The summed E-state index contributed by atoms with van der Waals surface area (Å²) in [5.41, 5.74) is 1.05. The van der Waals surface area contributed by atoms with E-state index >= 15 is 0 Å². The highest BCUT2D eigenvalue weighted by molar-refractivity contribution is 5.29. The van der Waals surface area contributed by atoms with Crippen molar-refractivity contribution < 1.29 is 4.74 Å². The van der Waals surface area contributed by atoms with Crippen molar-refractivity contribution in [2.75, 3.05) is 25.6 Å². The summed E-state index contributed by atoms with van der Waals surface area (Å²) in [6.45, 7) is 7.95. The third-order valence-corrected chi connectivity index (χ3v) is 2.40. The highest BCUT2D eigenvalue weighted by Crippen LogP contribution is 2.18. The van der Waals surface area contributed by atoms with Crippen LogP contribution in [-0.4, -0.2) is 29.8 Å². The van der Waals surface area contributed by atoms with Crippen LogP contribution in [0.1, 0.15) is 32.0 Å². The summed E-state index contributed by atoms with van der Waals surface area (Å²) in [6.07, 6.45) is 3.09. The van der Waals surface area contributed by atoms with E-state index in [0.717, 1.165) is 31.2 Å². The molecule has 4 heteroatoms. The van der Waals surface area contributed by atoms with Crippen LogP contribution in [0.4, 0.5) is 5.95 Å². The second-order valence-corrected chi connectivity index (χ2v) is 3.77. The van der Waals surface area contributed by atoms with Crippen LogP contribution in [0.2, 0.25) is 0 Å². The molecule has 15 heavy (non-hydrogen) atoms. The number of hydrogen-bond acceptors (Lipinski definition) is 3. The lowest BCUT2D eigenvalue weighted by molar-refractivity contribution is 0.181. The van der Waals surface area contributed by atoms with Crippen molar-refractivity contribution in [3.63, 3.8) is 0 Å². The number of aryl methyl sites for hydroxylation is 1. The van der Waals surface area contributed by atoms with Gasteiger partial charge in [-0.05, 0) is 27.2 Å². The zero-order valence-corrected chi connectivity index (χ0v) is 10.1. The Hall–Kier alpha value is -1.03. The predicted molar refractivity (Wildman–Crippen MR) is 62.3 cm³/mol. The molecule has 1 aromatic heterocycles. The first-order valence-electron chi connectivity index (χ1n) is 5.47. The monoisotopic (exact) mass is 211 g/mol. The average molecular weight is 211 g/mol. The molecule has 1 atom stereocenters. The van der Waals surface area contributed by atoms with Gasteiger partial charge in [0.1, 0.15) is 0 Å². The van der Waals surface area contributed by atoms with E-state index in [1.165, 1.54) is 0 Å². The largest absolute Gasteiger partial charge is 0.385 e. The minimum Gasteiger partial charge on any atom is -0.385 e. The summed E-state index contributed by atoms with van der Waals surface area (Å²) in [4.78, 5) is 4.44. The maximum atomic E-state index is 5.09. The van der Waals surface area contributed by atoms with Crippen LogP contribution in [0.5, 0.6) is 0 Å². The van der Waals surface area contributed by atoms with Crippen LogP contribution < -0.4 is 5.32 Å². The summed E-state index contributed by atoms with van der Waals surface area (Å²) in [5.74, 6) is 0.957. The molecule has 0 bridgehead atoms. The third-order valence-electron chi connectivity index (χ3n) is 2.40. The van der Waals surface area contributed by atoms with E-state index in [9.17, 15) is 0 Å². The topological polar surface area (TPSA) is 39.1 Å². The fourth-order valence-corrected chi connectivity index (χ4v) is 1.57. The van der Waals surface area contributed by atoms with Gasteiger partial charge < -0.3 is 14.6 Å². The summed E-state index contributed by atoms with van der Waals surface area (Å²) in [5, 5.41) is 3.27. The Morgan fingerprint density at radius 2 is 2.33 bits per heavy atom. The maximum Gasteiger partial charge on any atom is 0.203 e. The van der Waals surface area contributed by atoms with Gasteiger partial charge in [-0.1, -0.05) is 0 Å². The van der Waals surface area contributed by atoms with Crippen molar-refractivity contribution in [3.05, 3.63) is 11.9 Å². The lowest BCUT2D eigenvalue weighted by Crippen LogP contribution is -2.11. The van der Waals surface area contributed by atoms with Gasteiger partial charge in [-0.15, -0.1) is 0 Å². The zero-order valence-electron chi connectivity index (χ0n) is 10.1. The Morgan fingerprint density at radius 1 is 1.60 bits per heavy atom. The van der Waals surface area contributed by atoms with Crippen molar-refractivity contribution >= 4 is 5.95 Å². The summed E-state index contributed by atoms with van der Waals surface area (Å²) >= 11 is 0. The van der Waals surface area contributed by atoms with Gasteiger partial charge >= 0.3 is 0 Å². The highest BCUT2D eigenvalue weighted by atomic mass is 16.5. The van der Waals surface area contributed by atoms with Gasteiger partial charge in [0.25, 0.3) is 0 Å². The maximum absolute atomic E-state index is 5.09. The number of methoxy groups -OCH3 is 1. The molecule has 1 unspecified atom stereocenters. The smallest absolute Gasteiger partial charge is 0.203 e. The Bertz CT molecular complexity index is 296. The van der Waals surface area contributed by atoms with Crippen molar-refractivity contribution in [2.45, 2.75) is 33.2 Å². The van der Waals surface area contributed by atoms with Crippen LogP contribution in [0, 0.1) is 6.92 Å². The van der Waals surface area contributed by atoms with Gasteiger partial charge in [0, 0.05) is 32.5 Å². The normalized spacial score (nSPS) is 12.8. The van der Waals surface area contributed by atoms with Crippen LogP contribution >= 0.6 is 0 Å². The van der Waals surface area contributed by atoms with Crippen molar-refractivity contribution in [1.82, 2.24) is 9.55 Å². The van der Waals surface area contributed by atoms with Gasteiger partial charge in [0.2, 0.25) is 5.95 Å². The van der Waals surface area contributed by atoms with Crippen LogP contribution in [0.15, 0.2) is 6.20 Å². The molecule has 1 aromatic rings. The first kappa shape index (κ1) is 12.0. The fraction of sp³-hybridized carbons (Fsp3) is 0.727. The summed E-state index contributed by atoms with van der Waals surface area (Å²) in [6, 6.07) is 0.417. The molecule has 0 saturated carbocycles. The van der Waals surface area contributed by atoms with Gasteiger partial charge in [-0.25, -0.2) is 4.98 Å². The molecule has 1 rings (SSSR count). The van der Waals surface area contributed by atoms with E-state index in [1.54, 1.807) is 7.11 Å². The van der Waals surface area contributed by atoms with Gasteiger partial charge in [-0.2, -0.15) is 0 Å². The number of anilines is 1. The zero-order chi connectivity index (χ0) is 11.3. The van der Waals surface area contributed by atoms with Crippen molar-refractivity contribution in [1.29, 1.82) is 0 Å². The standard InChI is InChI=1S/C11H21N3O/c1-5-12-11-13-9(2)8-14(11)10(3)6-7-15-4/h8,10H,5-7H2,1-4H3,(H,12,13). The van der Waals surface area contributed by atoms with Crippen molar-refractivity contribution in [3.8, 4) is 0 Å². The lowest BCUT2D eigenvalue weighted by atomic mass is 10.2. The summed E-state index contributed by atoms with van der Waals surface area (Å²) in [7, 11) is 1.73. The molecule has 0 radical (unpaired) electrons. The second kappa shape index (κ2) is 5.75. The second-order valence-electron chi connectivity index (χ2n) is 3.77. The molecule has 0 spiro atoms. The summed E-state index contributed by atoms with van der Waals surface area (Å²) < 4.78 is 7.26. The van der Waals surface area contributed by atoms with Crippen molar-refractivity contribution in [2.24, 2.45) is 0 Å². The van der Waals surface area contributed by atoms with E-state index < -0.39 is 0 Å². The molecule has 0 amide bonds. The molecule has 0 fully saturated rings. The quantitative estimate of drug-likeness (QED) is 0.784. The van der Waals surface area contributed by atoms with Crippen LogP contribution in [0.3, 0.4) is 0 Å². The Kier molecular flexibility index (Phi) is 4.62. The molecule has 1 N–H and O–H groups in total. The SMILES string of the molecule is CCNc1nc(C)cn1C(C)CCOC. The molecular formula is C11H21N3O. The average Bonchev–Trinajstić information content (AvgIpc) is 2.57. The van der Waals surface area contributed by atoms with E-state index in [1.807, 2.05) is 6.92 Å². The molecule has 86 valence electrons. The first-order chi connectivity index (χ1) is 7.19. The molecule has 0 aromatic carbocycles. The Morgan fingerprint density at radius 3 is 2.93 bits per heavy atom. The number of hydrogen-bond donors (Lipinski definition) is 1. The molecule has 1 heterocycles. The predicted octanol–water partition coefficient (Wildman–Crippen LogP) is 2.22. The first-order valence-corrected chi connectivity index (χ1v) is 5.47. The van der Waals surface area contributed by atoms with E-state index in [2.05, 4.69) is 34.9 Å². The number of ether oxygens (including phenoxy) is 1. The minimum atomic E-state index is 0.417. The molecule has 0 aliphatic heterocycles. The Labute approximate surface area is 91.7 Å². The van der Waals surface area contributed by atoms with Crippen LogP contribution in [-0.2, 0) is 4.74 Å². The molecule has 0 saturated heterocycles. The molecular weight excluding hydrogens is 190 g/mol. The highest BCUT2D eigenvalue weighted by Gasteiger charge is 2.10. The molecule has 0 aliphatic carbocycles. The van der Waals surface area contributed by atoms with E-state index in [-0.39, 0.29) is 0 Å². The fourth-order valence-electron chi connectivity index (χ4n) is 1.57. The minimum absolute atomic E-state index is 0.417. The lowest BCUT2D eigenvalue weighted by Gasteiger charge is -2.15. The number of rotatable bonds is 6.